The molecule has 3 heterocycles. The van der Waals surface area contributed by atoms with Gasteiger partial charge in [-0.15, -0.1) is 0 Å². The molecule has 0 fully saturated rings. The maximum atomic E-state index is 12.6. The maximum absolute atomic E-state index is 12.6. The molecule has 0 bridgehead atoms. The normalized spacial score (nSPS) is 13.5. The van der Waals surface area contributed by atoms with E-state index in [0.717, 1.165) is 16.3 Å². The SMILES string of the molecule is COc1cc2cc3c(c(-c4cnc(Oc5ccc6c(c5)OCO6)nc4)c2cc1OC)C(=O)OC3. The van der Waals surface area contributed by atoms with E-state index in [2.05, 4.69) is 9.97 Å². The lowest BCUT2D eigenvalue weighted by atomic mass is 9.91. The van der Waals surface area contributed by atoms with Crippen LogP contribution in [0.3, 0.4) is 0 Å². The van der Waals surface area contributed by atoms with E-state index in [9.17, 15) is 4.79 Å². The van der Waals surface area contributed by atoms with E-state index in [4.69, 9.17) is 28.4 Å². The van der Waals surface area contributed by atoms with Crippen molar-refractivity contribution < 1.29 is 33.2 Å². The molecule has 2 aliphatic heterocycles. The van der Waals surface area contributed by atoms with Crippen molar-refractivity contribution >= 4 is 16.7 Å². The average molecular weight is 458 g/mol. The lowest BCUT2D eigenvalue weighted by molar-refractivity contribution is 0.0535. The molecule has 9 nitrogen and oxygen atoms in total. The van der Waals surface area contributed by atoms with Crippen molar-refractivity contribution in [2.24, 2.45) is 0 Å². The molecule has 0 saturated heterocycles. The quantitative estimate of drug-likeness (QED) is 0.400. The van der Waals surface area contributed by atoms with Crippen LogP contribution in [0.5, 0.6) is 34.8 Å². The molecule has 0 unspecified atom stereocenters. The van der Waals surface area contributed by atoms with Gasteiger partial charge in [0.2, 0.25) is 6.79 Å². The summed E-state index contributed by atoms with van der Waals surface area (Å²) in [6.07, 6.45) is 3.24. The zero-order chi connectivity index (χ0) is 23.2. The first kappa shape index (κ1) is 20.1. The number of methoxy groups -OCH3 is 2. The summed E-state index contributed by atoms with van der Waals surface area (Å²) in [5, 5.41) is 1.67. The molecule has 0 amide bonds. The molecule has 1 aromatic heterocycles. The van der Waals surface area contributed by atoms with Gasteiger partial charge < -0.3 is 28.4 Å². The molecule has 0 N–H and O–H groups in total. The zero-order valence-corrected chi connectivity index (χ0v) is 18.3. The summed E-state index contributed by atoms with van der Waals surface area (Å²) in [6, 6.07) is 11.0. The first-order valence-electron chi connectivity index (χ1n) is 10.4. The topological polar surface area (TPSA) is 98.2 Å². The summed E-state index contributed by atoms with van der Waals surface area (Å²) in [4.78, 5) is 21.3. The van der Waals surface area contributed by atoms with Crippen LogP contribution in [-0.4, -0.2) is 36.9 Å². The second-order valence-corrected chi connectivity index (χ2v) is 7.66. The highest BCUT2D eigenvalue weighted by atomic mass is 16.7. The summed E-state index contributed by atoms with van der Waals surface area (Å²) in [5.74, 6) is 2.53. The Balaban J connectivity index is 1.43. The highest BCUT2D eigenvalue weighted by molar-refractivity contribution is 6.11. The minimum Gasteiger partial charge on any atom is -0.493 e. The number of hydrogen-bond donors (Lipinski definition) is 0. The van der Waals surface area contributed by atoms with Crippen LogP contribution in [0, 0.1) is 0 Å². The Bertz CT molecular complexity index is 1450. The molecule has 9 heteroatoms. The number of fused-ring (bicyclic) bond motifs is 3. The van der Waals surface area contributed by atoms with Gasteiger partial charge in [0.05, 0.1) is 19.8 Å². The lowest BCUT2D eigenvalue weighted by Gasteiger charge is -2.14. The molecule has 34 heavy (non-hydrogen) atoms. The van der Waals surface area contributed by atoms with Crippen LogP contribution in [-0.2, 0) is 11.3 Å². The van der Waals surface area contributed by atoms with E-state index < -0.39 is 0 Å². The molecule has 0 saturated carbocycles. The third kappa shape index (κ3) is 3.21. The molecule has 170 valence electrons. The number of hydrogen-bond acceptors (Lipinski definition) is 9. The average Bonchev–Trinajstić information content (AvgIpc) is 3.48. The Morgan fingerprint density at radius 1 is 0.853 bits per heavy atom. The molecule has 0 spiro atoms. The Kier molecular flexibility index (Phi) is 4.61. The van der Waals surface area contributed by atoms with Crippen molar-refractivity contribution in [1.82, 2.24) is 9.97 Å². The minimum absolute atomic E-state index is 0.154. The predicted octanol–water partition coefficient (Wildman–Crippen LogP) is 4.51. The number of ether oxygens (including phenoxy) is 6. The van der Waals surface area contributed by atoms with Gasteiger partial charge in [-0.3, -0.25) is 0 Å². The number of cyclic esters (lactones) is 1. The van der Waals surface area contributed by atoms with Crippen molar-refractivity contribution in [1.29, 1.82) is 0 Å². The second-order valence-electron chi connectivity index (χ2n) is 7.66. The lowest BCUT2D eigenvalue weighted by Crippen LogP contribution is -2.01. The molecule has 4 aromatic rings. The Morgan fingerprint density at radius 2 is 1.62 bits per heavy atom. The van der Waals surface area contributed by atoms with Gasteiger partial charge in [0.1, 0.15) is 12.4 Å². The highest BCUT2D eigenvalue weighted by Gasteiger charge is 2.28. The highest BCUT2D eigenvalue weighted by Crippen LogP contribution is 2.42. The van der Waals surface area contributed by atoms with Gasteiger partial charge in [0.15, 0.2) is 23.0 Å². The van der Waals surface area contributed by atoms with E-state index in [0.29, 0.717) is 45.4 Å². The molecular formula is C25H18N2O7. The van der Waals surface area contributed by atoms with Crippen LogP contribution in [0.1, 0.15) is 15.9 Å². The van der Waals surface area contributed by atoms with E-state index in [1.165, 1.54) is 0 Å². The van der Waals surface area contributed by atoms with Gasteiger partial charge in [-0.1, -0.05) is 0 Å². The molecular weight excluding hydrogens is 440 g/mol. The monoisotopic (exact) mass is 458 g/mol. The summed E-state index contributed by atoms with van der Waals surface area (Å²) in [7, 11) is 3.15. The van der Waals surface area contributed by atoms with Crippen molar-refractivity contribution in [2.75, 3.05) is 21.0 Å². The van der Waals surface area contributed by atoms with Crippen LogP contribution in [0.25, 0.3) is 21.9 Å². The summed E-state index contributed by atoms with van der Waals surface area (Å²) < 4.78 is 32.7. The van der Waals surface area contributed by atoms with Crippen LogP contribution in [0.4, 0.5) is 0 Å². The van der Waals surface area contributed by atoms with Crippen LogP contribution in [0.2, 0.25) is 0 Å². The van der Waals surface area contributed by atoms with Crippen molar-refractivity contribution in [3.8, 4) is 45.9 Å². The van der Waals surface area contributed by atoms with Gasteiger partial charge in [-0.25, -0.2) is 14.8 Å². The van der Waals surface area contributed by atoms with Gasteiger partial charge in [0.25, 0.3) is 0 Å². The fraction of sp³-hybridized carbons (Fsp3) is 0.160. The molecule has 2 aliphatic rings. The number of carbonyl (C=O) groups excluding carboxylic acids is 1. The summed E-state index contributed by atoms with van der Waals surface area (Å²) in [6.45, 7) is 0.385. The standard InChI is InChI=1S/C25H18N2O7/c1-29-19-6-13-5-14-11-31-24(28)23(14)22(17(13)8-20(19)30-2)15-9-26-25(27-10-15)34-16-3-4-18-21(7-16)33-12-32-18/h3-10H,11-12H2,1-2H3. The number of aromatic nitrogens is 2. The van der Waals surface area contributed by atoms with Crippen molar-refractivity contribution in [3.05, 3.63) is 59.9 Å². The second kappa shape index (κ2) is 7.80. The Morgan fingerprint density at radius 3 is 2.41 bits per heavy atom. The van der Waals surface area contributed by atoms with Gasteiger partial charge in [-0.05, 0) is 41.1 Å². The zero-order valence-electron chi connectivity index (χ0n) is 18.3. The first-order chi connectivity index (χ1) is 16.6. The Hall–Kier alpha value is -4.53. The third-order valence-corrected chi connectivity index (χ3v) is 5.76. The van der Waals surface area contributed by atoms with Crippen molar-refractivity contribution in [2.45, 2.75) is 6.61 Å². The smallest absolute Gasteiger partial charge is 0.339 e. The third-order valence-electron chi connectivity index (χ3n) is 5.76. The molecule has 0 radical (unpaired) electrons. The largest absolute Gasteiger partial charge is 0.493 e. The van der Waals surface area contributed by atoms with E-state index in [-0.39, 0.29) is 25.4 Å². The van der Waals surface area contributed by atoms with Crippen LogP contribution >= 0.6 is 0 Å². The van der Waals surface area contributed by atoms with Crippen molar-refractivity contribution in [3.63, 3.8) is 0 Å². The summed E-state index contributed by atoms with van der Waals surface area (Å²) >= 11 is 0. The fourth-order valence-electron chi connectivity index (χ4n) is 4.19. The predicted molar refractivity (Wildman–Crippen MR) is 120 cm³/mol. The minimum atomic E-state index is -0.387. The first-order valence-corrected chi connectivity index (χ1v) is 10.4. The van der Waals surface area contributed by atoms with Gasteiger partial charge >= 0.3 is 12.0 Å². The molecule has 6 rings (SSSR count). The molecule has 0 atom stereocenters. The number of benzene rings is 3. The molecule has 3 aromatic carbocycles. The van der Waals surface area contributed by atoms with Crippen LogP contribution in [0.15, 0.2) is 48.8 Å². The number of carbonyl (C=O) groups is 1. The van der Waals surface area contributed by atoms with E-state index in [1.807, 2.05) is 18.2 Å². The number of esters is 1. The Labute approximate surface area is 193 Å². The fourth-order valence-corrected chi connectivity index (χ4v) is 4.19. The van der Waals surface area contributed by atoms with Gasteiger partial charge in [0, 0.05) is 35.2 Å². The number of rotatable bonds is 5. The molecule has 0 aliphatic carbocycles. The van der Waals surface area contributed by atoms with E-state index >= 15 is 0 Å². The van der Waals surface area contributed by atoms with E-state index in [1.54, 1.807) is 44.8 Å². The van der Waals surface area contributed by atoms with Crippen LogP contribution < -0.4 is 23.7 Å². The maximum Gasteiger partial charge on any atom is 0.339 e. The summed E-state index contributed by atoms with van der Waals surface area (Å²) in [5.41, 5.74) is 2.60. The number of nitrogens with zero attached hydrogens (tertiary/aromatic N) is 2. The van der Waals surface area contributed by atoms with Gasteiger partial charge in [-0.2, -0.15) is 0 Å².